The van der Waals surface area contributed by atoms with Crippen LogP contribution in [0.15, 0.2) is 35.2 Å². The van der Waals surface area contributed by atoms with Crippen molar-refractivity contribution in [2.75, 3.05) is 18.7 Å². The molecule has 24 heavy (non-hydrogen) atoms. The number of ether oxygens (including phenoxy) is 1. The summed E-state index contributed by atoms with van der Waals surface area (Å²) in [5.74, 6) is 0.724. The SMILES string of the molecule is COc1cc(SC)ccc1C(=O)Nc1cc(C(C)C)c(O)cc1C. The lowest BCUT2D eigenvalue weighted by Gasteiger charge is -2.15. The van der Waals surface area contributed by atoms with Crippen LogP contribution in [0.3, 0.4) is 0 Å². The van der Waals surface area contributed by atoms with E-state index >= 15 is 0 Å². The van der Waals surface area contributed by atoms with Crippen molar-refractivity contribution in [1.82, 2.24) is 0 Å². The van der Waals surface area contributed by atoms with Crippen LogP contribution >= 0.6 is 11.8 Å². The Morgan fingerprint density at radius 1 is 1.25 bits per heavy atom. The summed E-state index contributed by atoms with van der Waals surface area (Å²) in [6, 6.07) is 9.02. The lowest BCUT2D eigenvalue weighted by atomic mass is 9.99. The first kappa shape index (κ1) is 18.2. The fourth-order valence-corrected chi connectivity index (χ4v) is 2.91. The van der Waals surface area contributed by atoms with Gasteiger partial charge in [0.15, 0.2) is 0 Å². The third-order valence-corrected chi connectivity index (χ3v) is 4.62. The topological polar surface area (TPSA) is 58.6 Å². The quantitative estimate of drug-likeness (QED) is 0.603. The van der Waals surface area contributed by atoms with Crippen LogP contribution in [0.4, 0.5) is 5.69 Å². The molecule has 0 spiro atoms. The Bertz CT molecular complexity index is 757. The minimum Gasteiger partial charge on any atom is -0.508 e. The number of nitrogens with one attached hydrogen (secondary N) is 1. The summed E-state index contributed by atoms with van der Waals surface area (Å²) in [6.45, 7) is 5.85. The van der Waals surface area contributed by atoms with Crippen LogP contribution in [0.1, 0.15) is 41.3 Å². The minimum atomic E-state index is -0.233. The van der Waals surface area contributed by atoms with Crippen molar-refractivity contribution in [2.24, 2.45) is 0 Å². The van der Waals surface area contributed by atoms with Gasteiger partial charge in [0.2, 0.25) is 0 Å². The number of carbonyl (C=O) groups is 1. The van der Waals surface area contributed by atoms with Crippen LogP contribution in [0.5, 0.6) is 11.5 Å². The van der Waals surface area contributed by atoms with Crippen molar-refractivity contribution in [2.45, 2.75) is 31.6 Å². The first-order valence-electron chi connectivity index (χ1n) is 7.74. The molecule has 0 aromatic heterocycles. The van der Waals surface area contributed by atoms with Gasteiger partial charge in [-0.3, -0.25) is 4.79 Å². The van der Waals surface area contributed by atoms with Gasteiger partial charge in [0.25, 0.3) is 5.91 Å². The van der Waals surface area contributed by atoms with Crippen LogP contribution < -0.4 is 10.1 Å². The number of phenolic OH excluding ortho intramolecular Hbond substituents is 1. The molecule has 4 nitrogen and oxygen atoms in total. The number of anilines is 1. The lowest BCUT2D eigenvalue weighted by Crippen LogP contribution is -2.14. The molecule has 2 aromatic carbocycles. The molecule has 0 unspecified atom stereocenters. The van der Waals surface area contributed by atoms with Gasteiger partial charge in [-0.25, -0.2) is 0 Å². The van der Waals surface area contributed by atoms with Crippen molar-refractivity contribution in [1.29, 1.82) is 0 Å². The van der Waals surface area contributed by atoms with E-state index in [1.54, 1.807) is 31.0 Å². The zero-order valence-corrected chi connectivity index (χ0v) is 15.5. The van der Waals surface area contributed by atoms with E-state index in [2.05, 4.69) is 5.32 Å². The summed E-state index contributed by atoms with van der Waals surface area (Å²) in [4.78, 5) is 13.7. The first-order valence-corrected chi connectivity index (χ1v) is 8.96. The summed E-state index contributed by atoms with van der Waals surface area (Å²) < 4.78 is 5.34. The molecule has 1 amide bonds. The summed E-state index contributed by atoms with van der Waals surface area (Å²) in [5.41, 5.74) is 2.79. The summed E-state index contributed by atoms with van der Waals surface area (Å²) in [7, 11) is 1.55. The molecule has 0 saturated heterocycles. The number of hydrogen-bond acceptors (Lipinski definition) is 4. The van der Waals surface area contributed by atoms with Crippen LogP contribution in [0.2, 0.25) is 0 Å². The molecule has 0 aliphatic rings. The van der Waals surface area contributed by atoms with Crippen LogP contribution in [0, 0.1) is 6.92 Å². The maximum atomic E-state index is 12.7. The van der Waals surface area contributed by atoms with Crippen molar-refractivity contribution in [3.63, 3.8) is 0 Å². The van der Waals surface area contributed by atoms with Gasteiger partial charge in [-0.2, -0.15) is 0 Å². The molecular formula is C19H23NO3S. The molecule has 5 heteroatoms. The van der Waals surface area contributed by atoms with Gasteiger partial charge >= 0.3 is 0 Å². The number of rotatable bonds is 5. The fourth-order valence-electron chi connectivity index (χ4n) is 2.48. The van der Waals surface area contributed by atoms with Crippen molar-refractivity contribution in [3.05, 3.63) is 47.0 Å². The smallest absolute Gasteiger partial charge is 0.259 e. The third kappa shape index (κ3) is 3.85. The second-order valence-corrected chi connectivity index (χ2v) is 6.78. The third-order valence-electron chi connectivity index (χ3n) is 3.90. The lowest BCUT2D eigenvalue weighted by molar-refractivity contribution is 0.102. The molecule has 2 rings (SSSR count). The molecule has 0 bridgehead atoms. The highest BCUT2D eigenvalue weighted by Crippen LogP contribution is 2.32. The zero-order chi connectivity index (χ0) is 17.9. The maximum Gasteiger partial charge on any atom is 0.259 e. The number of thioether (sulfide) groups is 1. The maximum absolute atomic E-state index is 12.7. The van der Waals surface area contributed by atoms with Gasteiger partial charge in [-0.1, -0.05) is 13.8 Å². The molecule has 2 N–H and O–H groups in total. The monoisotopic (exact) mass is 345 g/mol. The number of carbonyl (C=O) groups excluding carboxylic acids is 1. The number of phenols is 1. The van der Waals surface area contributed by atoms with Gasteiger partial charge in [0.05, 0.1) is 12.7 Å². The molecule has 0 fully saturated rings. The average Bonchev–Trinajstić information content (AvgIpc) is 2.56. The molecule has 128 valence electrons. The molecule has 0 radical (unpaired) electrons. The molecule has 0 heterocycles. The molecule has 2 aromatic rings. The molecule has 0 aliphatic heterocycles. The standard InChI is InChI=1S/C19H23NO3S/c1-11(2)15-10-16(12(3)8-17(15)21)20-19(22)14-7-6-13(24-5)9-18(14)23-4/h6-11,21H,1-5H3,(H,20,22). The first-order chi connectivity index (χ1) is 11.4. The largest absolute Gasteiger partial charge is 0.508 e. The highest BCUT2D eigenvalue weighted by atomic mass is 32.2. The van der Waals surface area contributed by atoms with E-state index in [4.69, 9.17) is 4.74 Å². The van der Waals surface area contributed by atoms with E-state index in [1.807, 2.05) is 45.2 Å². The highest BCUT2D eigenvalue weighted by Gasteiger charge is 2.16. The van der Waals surface area contributed by atoms with Gasteiger partial charge < -0.3 is 15.2 Å². The Labute approximate surface area is 147 Å². The Kier molecular flexibility index (Phi) is 5.78. The normalized spacial score (nSPS) is 10.8. The fraction of sp³-hybridized carbons (Fsp3) is 0.316. The van der Waals surface area contributed by atoms with Gasteiger partial charge in [-0.15, -0.1) is 11.8 Å². The predicted octanol–water partition coefficient (Wildman–Crippen LogP) is 4.81. The second kappa shape index (κ2) is 7.62. The number of aryl methyl sites for hydroxylation is 1. The molecular weight excluding hydrogens is 322 g/mol. The number of aromatic hydroxyl groups is 1. The van der Waals surface area contributed by atoms with Crippen molar-refractivity contribution in [3.8, 4) is 11.5 Å². The van der Waals surface area contributed by atoms with Crippen LogP contribution in [-0.2, 0) is 0 Å². The number of methoxy groups -OCH3 is 1. The van der Waals surface area contributed by atoms with Gasteiger partial charge in [0.1, 0.15) is 11.5 Å². The average molecular weight is 345 g/mol. The van der Waals surface area contributed by atoms with Crippen LogP contribution in [-0.4, -0.2) is 24.4 Å². The van der Waals surface area contributed by atoms with E-state index in [1.165, 1.54) is 0 Å². The number of benzene rings is 2. The van der Waals surface area contributed by atoms with Gasteiger partial charge in [0, 0.05) is 10.6 Å². The van der Waals surface area contributed by atoms with E-state index in [0.717, 1.165) is 16.0 Å². The van der Waals surface area contributed by atoms with Crippen LogP contribution in [0.25, 0.3) is 0 Å². The Morgan fingerprint density at radius 3 is 2.54 bits per heavy atom. The predicted molar refractivity (Wildman–Crippen MR) is 99.7 cm³/mol. The minimum absolute atomic E-state index is 0.164. The summed E-state index contributed by atoms with van der Waals surface area (Å²) in [5, 5.41) is 13.0. The second-order valence-electron chi connectivity index (χ2n) is 5.90. The number of hydrogen-bond donors (Lipinski definition) is 2. The molecule has 0 atom stereocenters. The van der Waals surface area contributed by atoms with E-state index in [0.29, 0.717) is 17.0 Å². The van der Waals surface area contributed by atoms with E-state index in [-0.39, 0.29) is 17.6 Å². The highest BCUT2D eigenvalue weighted by molar-refractivity contribution is 7.98. The Morgan fingerprint density at radius 2 is 1.96 bits per heavy atom. The van der Waals surface area contributed by atoms with E-state index < -0.39 is 0 Å². The summed E-state index contributed by atoms with van der Waals surface area (Å²) in [6.07, 6.45) is 1.97. The van der Waals surface area contributed by atoms with E-state index in [9.17, 15) is 9.90 Å². The van der Waals surface area contributed by atoms with Gasteiger partial charge in [-0.05, 0) is 60.6 Å². The molecule has 0 aliphatic carbocycles. The zero-order valence-electron chi connectivity index (χ0n) is 14.6. The Balaban J connectivity index is 2.35. The summed E-state index contributed by atoms with van der Waals surface area (Å²) >= 11 is 1.59. The van der Waals surface area contributed by atoms with Crippen molar-refractivity contribution < 1.29 is 14.6 Å². The Hall–Kier alpha value is -2.14. The van der Waals surface area contributed by atoms with Crippen molar-refractivity contribution >= 4 is 23.4 Å². The number of amides is 1. The molecule has 0 saturated carbocycles.